The van der Waals surface area contributed by atoms with Crippen molar-refractivity contribution in [2.24, 2.45) is 0 Å². The van der Waals surface area contributed by atoms with Crippen LogP contribution < -0.4 is 21.0 Å². The fourth-order valence-corrected chi connectivity index (χ4v) is 6.68. The number of hydrogen-bond acceptors (Lipinski definition) is 5. The van der Waals surface area contributed by atoms with Gasteiger partial charge in [-0.25, -0.2) is 13.9 Å². The van der Waals surface area contributed by atoms with Crippen LogP contribution in [0.1, 0.15) is 44.5 Å². The number of carbonyl (C=O) groups excluding carboxylic acids is 2. The zero-order valence-electron chi connectivity index (χ0n) is 24.3. The first-order chi connectivity index (χ1) is 21.3. The number of aromatic nitrogens is 2. The van der Waals surface area contributed by atoms with E-state index in [1.807, 2.05) is 6.55 Å². The van der Waals surface area contributed by atoms with Gasteiger partial charge in [-0.2, -0.15) is 13.2 Å². The summed E-state index contributed by atoms with van der Waals surface area (Å²) in [5, 5.41) is 2.84. The summed E-state index contributed by atoms with van der Waals surface area (Å²) in [6.07, 6.45) is -4.64. The highest BCUT2D eigenvalue weighted by Gasteiger charge is 2.36. The molecule has 0 saturated heterocycles. The molecule has 233 valence electrons. The van der Waals surface area contributed by atoms with Crippen LogP contribution in [0.3, 0.4) is 0 Å². The molecule has 0 aliphatic carbocycles. The highest BCUT2D eigenvalue weighted by molar-refractivity contribution is 6.74. The Bertz CT molecular complexity index is 1830. The zero-order chi connectivity index (χ0) is 32.6. The normalized spacial score (nSPS) is 14.7. The first-order valence-corrected chi connectivity index (χ1v) is 16.2. The van der Waals surface area contributed by atoms with Gasteiger partial charge in [-0.05, 0) is 79.7 Å². The van der Waals surface area contributed by atoms with Crippen molar-refractivity contribution in [1.82, 2.24) is 19.8 Å². The first-order valence-electron chi connectivity index (χ1n) is 13.8. The smallest absolute Gasteiger partial charge is 0.377 e. The molecule has 0 bridgehead atoms. The predicted octanol–water partition coefficient (Wildman–Crippen LogP) is 4.93. The van der Waals surface area contributed by atoms with Crippen molar-refractivity contribution >= 4 is 43.5 Å². The molecule has 0 saturated carbocycles. The SMILES string of the molecule is CNC(=O)c1ccc(-n2c(N[Si](C)c3ccc(F)cc3)nc3c(c2=O)C[C@@H](C)N(C(=O)c2ccc(Cl)c(C(F)(F)F)c2)C3)cc1. The quantitative estimate of drug-likeness (QED) is 0.227. The van der Waals surface area contributed by atoms with Gasteiger partial charge in [0, 0.05) is 29.8 Å². The minimum Gasteiger partial charge on any atom is -0.377 e. The second-order valence-electron chi connectivity index (χ2n) is 10.6. The number of nitrogens with one attached hydrogen (secondary N) is 2. The van der Waals surface area contributed by atoms with E-state index in [0.29, 0.717) is 22.5 Å². The Morgan fingerprint density at radius 1 is 1.02 bits per heavy atom. The van der Waals surface area contributed by atoms with Crippen molar-refractivity contribution < 1.29 is 27.2 Å². The van der Waals surface area contributed by atoms with Gasteiger partial charge in [0.2, 0.25) is 14.9 Å². The highest BCUT2D eigenvalue weighted by atomic mass is 35.5. The molecule has 45 heavy (non-hydrogen) atoms. The number of hydrogen-bond donors (Lipinski definition) is 2. The van der Waals surface area contributed by atoms with E-state index in [-0.39, 0.29) is 30.4 Å². The fourth-order valence-electron chi connectivity index (χ4n) is 5.14. The number of alkyl halides is 3. The number of amides is 2. The first kappa shape index (κ1) is 31.9. The second kappa shape index (κ2) is 12.5. The second-order valence-corrected chi connectivity index (χ2v) is 13.0. The summed E-state index contributed by atoms with van der Waals surface area (Å²) < 4.78 is 55.5. The van der Waals surface area contributed by atoms with E-state index in [4.69, 9.17) is 16.6 Å². The number of anilines is 1. The summed E-state index contributed by atoms with van der Waals surface area (Å²) >= 11 is 5.76. The molecule has 14 heteroatoms. The molecule has 2 heterocycles. The Kier molecular flexibility index (Phi) is 8.85. The molecule has 1 aliphatic rings. The molecule has 0 unspecified atom stereocenters. The van der Waals surface area contributed by atoms with E-state index in [9.17, 15) is 31.9 Å². The van der Waals surface area contributed by atoms with Crippen LogP contribution in [-0.2, 0) is 19.1 Å². The lowest BCUT2D eigenvalue weighted by Gasteiger charge is -2.35. The van der Waals surface area contributed by atoms with Gasteiger partial charge in [0.25, 0.3) is 17.4 Å². The molecule has 1 atom stereocenters. The predicted molar refractivity (Wildman–Crippen MR) is 164 cm³/mol. The highest BCUT2D eigenvalue weighted by Crippen LogP contribution is 2.36. The number of halogens is 5. The molecule has 5 rings (SSSR count). The van der Waals surface area contributed by atoms with Crippen LogP contribution in [0.2, 0.25) is 11.6 Å². The van der Waals surface area contributed by atoms with Crippen LogP contribution in [-0.4, -0.2) is 48.3 Å². The number of nitrogens with zero attached hydrogens (tertiary/aromatic N) is 3. The summed E-state index contributed by atoms with van der Waals surface area (Å²) in [5.41, 5.74) is -0.230. The molecule has 0 spiro atoms. The maximum atomic E-state index is 14.1. The number of benzene rings is 3. The van der Waals surface area contributed by atoms with E-state index >= 15 is 0 Å². The Labute approximate surface area is 262 Å². The molecular weight excluding hydrogens is 630 g/mol. The van der Waals surface area contributed by atoms with Crippen molar-refractivity contribution in [1.29, 1.82) is 0 Å². The summed E-state index contributed by atoms with van der Waals surface area (Å²) in [4.78, 5) is 49.1. The maximum absolute atomic E-state index is 14.1. The molecule has 8 nitrogen and oxygen atoms in total. The average Bonchev–Trinajstić information content (AvgIpc) is 3.00. The molecular formula is C31H27ClF4N5O3Si. The van der Waals surface area contributed by atoms with Crippen molar-refractivity contribution in [3.8, 4) is 5.69 Å². The van der Waals surface area contributed by atoms with E-state index in [1.165, 1.54) is 34.7 Å². The van der Waals surface area contributed by atoms with Gasteiger partial charge in [-0.15, -0.1) is 0 Å². The summed E-state index contributed by atoms with van der Waals surface area (Å²) in [6.45, 7) is 3.48. The third-order valence-electron chi connectivity index (χ3n) is 7.58. The van der Waals surface area contributed by atoms with Crippen LogP contribution in [0, 0.1) is 5.82 Å². The largest absolute Gasteiger partial charge is 0.417 e. The molecule has 0 fully saturated rings. The maximum Gasteiger partial charge on any atom is 0.417 e. The summed E-state index contributed by atoms with van der Waals surface area (Å²) in [7, 11) is -0.133. The summed E-state index contributed by atoms with van der Waals surface area (Å²) in [5.74, 6) is -1.18. The van der Waals surface area contributed by atoms with Gasteiger partial charge in [0.05, 0.1) is 28.5 Å². The average molecular weight is 657 g/mol. The van der Waals surface area contributed by atoms with E-state index in [2.05, 4.69) is 10.3 Å². The zero-order valence-corrected chi connectivity index (χ0v) is 26.1. The van der Waals surface area contributed by atoms with E-state index < -0.39 is 49.0 Å². The Hall–Kier alpha value is -4.49. The lowest BCUT2D eigenvalue weighted by Crippen LogP contribution is -2.46. The van der Waals surface area contributed by atoms with Crippen LogP contribution in [0.5, 0.6) is 0 Å². The van der Waals surface area contributed by atoms with Crippen molar-refractivity contribution in [2.75, 3.05) is 12.0 Å². The molecule has 2 N–H and O–H groups in total. The molecule has 2 amide bonds. The van der Waals surface area contributed by atoms with E-state index in [0.717, 1.165) is 17.3 Å². The lowest BCUT2D eigenvalue weighted by atomic mass is 9.98. The van der Waals surface area contributed by atoms with E-state index in [1.54, 1.807) is 43.3 Å². The minimum absolute atomic E-state index is 0.102. The third kappa shape index (κ3) is 6.49. The third-order valence-corrected chi connectivity index (χ3v) is 9.71. The Morgan fingerprint density at radius 3 is 2.29 bits per heavy atom. The van der Waals surface area contributed by atoms with Gasteiger partial charge in [0.1, 0.15) is 5.82 Å². The molecule has 1 aliphatic heterocycles. The number of rotatable bonds is 6. The molecule has 3 aromatic carbocycles. The number of carbonyl (C=O) groups is 2. The van der Waals surface area contributed by atoms with Crippen molar-refractivity contribution in [3.05, 3.63) is 116 Å². The minimum atomic E-state index is -4.75. The van der Waals surface area contributed by atoms with Crippen LogP contribution in [0.15, 0.2) is 71.5 Å². The standard InChI is InChI=1S/C31H27ClF4N5O3Si/c1-17-14-23-26(16-40(17)28(43)19-6-13-25(32)24(15-19)31(34,35)36)38-30(39-45(3)22-11-7-20(33)8-12-22)41(29(23)44)21-9-4-18(5-10-21)27(42)37-2/h4-13,15,17H,14,16H2,1-3H3,(H,37,42)(H,38,39)/t17-/m1/s1. The van der Waals surface area contributed by atoms with Crippen LogP contribution in [0.4, 0.5) is 23.5 Å². The molecule has 4 aromatic rings. The van der Waals surface area contributed by atoms with Gasteiger partial charge >= 0.3 is 6.18 Å². The van der Waals surface area contributed by atoms with Crippen molar-refractivity contribution in [2.45, 2.75) is 38.7 Å². The Morgan fingerprint density at radius 2 is 1.67 bits per heavy atom. The van der Waals surface area contributed by atoms with Crippen LogP contribution in [0.25, 0.3) is 5.69 Å². The lowest BCUT2D eigenvalue weighted by molar-refractivity contribution is -0.137. The van der Waals surface area contributed by atoms with Gasteiger partial charge < -0.3 is 15.2 Å². The van der Waals surface area contributed by atoms with Gasteiger partial charge in [-0.3, -0.25) is 14.4 Å². The van der Waals surface area contributed by atoms with Gasteiger partial charge in [-0.1, -0.05) is 23.7 Å². The Balaban J connectivity index is 1.57. The topological polar surface area (TPSA) is 96.3 Å². The van der Waals surface area contributed by atoms with Crippen molar-refractivity contribution in [3.63, 3.8) is 0 Å². The van der Waals surface area contributed by atoms with Gasteiger partial charge in [0.15, 0.2) is 0 Å². The monoisotopic (exact) mass is 656 g/mol. The fraction of sp³-hybridized carbons (Fsp3) is 0.226. The number of fused-ring (bicyclic) bond motifs is 1. The van der Waals surface area contributed by atoms with Crippen LogP contribution >= 0.6 is 11.6 Å². The molecule has 1 aromatic heterocycles. The molecule has 1 radical (unpaired) electrons. The summed E-state index contributed by atoms with van der Waals surface area (Å²) in [6, 6.07) is 14.8.